The Morgan fingerprint density at radius 3 is 1.62 bits per heavy atom. The Hall–Kier alpha value is 2.70. The van der Waals surface area contributed by atoms with Crippen molar-refractivity contribution >= 4 is 0 Å². The van der Waals surface area contributed by atoms with E-state index in [1.807, 2.05) is 0 Å². The van der Waals surface area contributed by atoms with Crippen molar-refractivity contribution in [3.05, 3.63) is 21.4 Å². The average Bonchev–Trinajstić information content (AvgIpc) is 1.64. The minimum atomic E-state index is 0. The van der Waals surface area contributed by atoms with Gasteiger partial charge in [0.05, 0.1) is 0 Å². The van der Waals surface area contributed by atoms with E-state index in [0.29, 0.717) is 0 Å². The largest absolute Gasteiger partial charge is 2.00 e. The number of nitrogens with zero attached hydrogens (tertiary/aromatic N) is 1. The van der Waals surface area contributed by atoms with Gasteiger partial charge in [-0.2, -0.15) is 6.42 Å². The predicted octanol–water partition coefficient (Wildman–Crippen LogP) is 2.55. The van der Waals surface area contributed by atoms with Gasteiger partial charge in [0.2, 0.25) is 0 Å². The van der Waals surface area contributed by atoms with Gasteiger partial charge in [-0.3, -0.25) is 7.05 Å². The van der Waals surface area contributed by atoms with E-state index in [0.717, 1.165) is 13.0 Å². The second-order valence-electron chi connectivity index (χ2n) is 3.29. The summed E-state index contributed by atoms with van der Waals surface area (Å²) in [5.74, 6) is 0. The SMILES string of the molecule is [CH2-]CCN([CH2-])C(C)(C)C.[CH3-].[U+2].[V].[Y]. The molecule has 13 heavy (non-hydrogen) atoms. The van der Waals surface area contributed by atoms with Gasteiger partial charge in [0.1, 0.15) is 0 Å². The third-order valence-electron chi connectivity index (χ3n) is 1.38. The van der Waals surface area contributed by atoms with Gasteiger partial charge in [-0.15, -0.1) is 0 Å². The fourth-order valence-electron chi connectivity index (χ4n) is 0.526. The van der Waals surface area contributed by atoms with Crippen LogP contribution in [0.3, 0.4) is 0 Å². The van der Waals surface area contributed by atoms with Crippen LogP contribution in [0.25, 0.3) is 0 Å². The Kier molecular flexibility index (Phi) is 33.5. The predicted molar refractivity (Wildman–Crippen MR) is 48.2 cm³/mol. The number of rotatable bonds is 2. The van der Waals surface area contributed by atoms with Crippen molar-refractivity contribution in [3.8, 4) is 0 Å². The average molecular weight is 520 g/mol. The summed E-state index contributed by atoms with van der Waals surface area (Å²) in [6.45, 7) is 11.2. The maximum atomic E-state index is 3.89. The van der Waals surface area contributed by atoms with Gasteiger partial charge >= 0.3 is 31.1 Å². The van der Waals surface area contributed by atoms with Crippen molar-refractivity contribution in [2.45, 2.75) is 32.7 Å². The monoisotopic (exact) mass is 520 g/mol. The van der Waals surface area contributed by atoms with Gasteiger partial charge in [-0.25, -0.2) is 0 Å². The summed E-state index contributed by atoms with van der Waals surface area (Å²) in [4.78, 5) is 2.06. The number of hydrogen-bond acceptors (Lipinski definition) is 1. The first-order valence-electron chi connectivity index (χ1n) is 3.36. The molecule has 0 aromatic rings. The van der Waals surface area contributed by atoms with Gasteiger partial charge < -0.3 is 19.3 Å². The molecule has 74 valence electrons. The normalized spacial score (nSPS) is 8.77. The molecule has 0 aliphatic heterocycles. The molecular formula is C9H20NUVY-. The van der Waals surface area contributed by atoms with Crippen LogP contribution in [0.1, 0.15) is 27.2 Å². The van der Waals surface area contributed by atoms with Crippen LogP contribution in [-0.2, 0) is 51.3 Å². The maximum Gasteiger partial charge on any atom is 2.00 e. The van der Waals surface area contributed by atoms with Crippen LogP contribution in [0.5, 0.6) is 0 Å². The third kappa shape index (κ3) is 17.3. The smallest absolute Gasteiger partial charge is 0.457 e. The van der Waals surface area contributed by atoms with Gasteiger partial charge in [-0.05, 0) is 26.3 Å². The van der Waals surface area contributed by atoms with Gasteiger partial charge in [0.25, 0.3) is 0 Å². The summed E-state index contributed by atoms with van der Waals surface area (Å²) >= 11 is 0. The van der Waals surface area contributed by atoms with E-state index >= 15 is 0 Å². The molecule has 0 amide bonds. The molecule has 0 unspecified atom stereocenters. The molecule has 0 saturated carbocycles. The summed E-state index contributed by atoms with van der Waals surface area (Å²) in [7, 11) is 3.89. The Bertz CT molecular complexity index is 86.2. The molecule has 4 heteroatoms. The minimum Gasteiger partial charge on any atom is -0.457 e. The second-order valence-corrected chi connectivity index (χ2v) is 3.29. The first-order chi connectivity index (χ1) is 3.98. The van der Waals surface area contributed by atoms with Crippen LogP contribution in [0.15, 0.2) is 0 Å². The van der Waals surface area contributed by atoms with Crippen LogP contribution < -0.4 is 0 Å². The third-order valence-corrected chi connectivity index (χ3v) is 1.38. The van der Waals surface area contributed by atoms with E-state index in [2.05, 4.69) is 39.6 Å². The quantitative estimate of drug-likeness (QED) is 0.507. The fraction of sp³-hybridized carbons (Fsp3) is 0.667. The molecule has 0 aliphatic carbocycles. The van der Waals surface area contributed by atoms with Crippen LogP contribution in [0.4, 0.5) is 0 Å². The molecular weight excluding hydrogens is 500 g/mol. The second kappa shape index (κ2) is 14.7. The zero-order valence-electron chi connectivity index (χ0n) is 9.30. The summed E-state index contributed by atoms with van der Waals surface area (Å²) in [5.41, 5.74) is 0.192. The molecule has 0 spiro atoms. The molecule has 0 bridgehead atoms. The van der Waals surface area contributed by atoms with Crippen LogP contribution >= 0.6 is 0 Å². The summed E-state index contributed by atoms with van der Waals surface area (Å²) < 4.78 is 0. The van der Waals surface area contributed by atoms with Crippen molar-refractivity contribution in [1.29, 1.82) is 0 Å². The Labute approximate surface area is 146 Å². The molecule has 0 aromatic carbocycles. The van der Waals surface area contributed by atoms with Crippen molar-refractivity contribution < 1.29 is 82.4 Å². The topological polar surface area (TPSA) is 3.24 Å². The van der Waals surface area contributed by atoms with E-state index in [1.165, 1.54) is 0 Å². The molecule has 0 aromatic heterocycles. The maximum absolute atomic E-state index is 3.89. The van der Waals surface area contributed by atoms with E-state index in [9.17, 15) is 0 Å². The van der Waals surface area contributed by atoms with Gasteiger partial charge in [0, 0.05) is 51.3 Å². The fourth-order valence-corrected chi connectivity index (χ4v) is 0.526. The molecule has 1 nitrogen and oxygen atoms in total. The van der Waals surface area contributed by atoms with E-state index < -0.39 is 0 Å². The first kappa shape index (κ1) is 29.6. The molecule has 2 radical (unpaired) electrons. The van der Waals surface area contributed by atoms with E-state index in [1.54, 1.807) is 0 Å². The summed E-state index contributed by atoms with van der Waals surface area (Å²) in [6.07, 6.45) is 0.931. The van der Waals surface area contributed by atoms with Crippen molar-refractivity contribution in [2.24, 2.45) is 0 Å². The Morgan fingerprint density at radius 1 is 1.23 bits per heavy atom. The Morgan fingerprint density at radius 2 is 1.54 bits per heavy atom. The molecule has 0 N–H and O–H groups in total. The van der Waals surface area contributed by atoms with Crippen molar-refractivity contribution in [2.75, 3.05) is 6.54 Å². The van der Waals surface area contributed by atoms with Gasteiger partial charge in [0.15, 0.2) is 0 Å². The first-order valence-corrected chi connectivity index (χ1v) is 3.36. The van der Waals surface area contributed by atoms with E-state index in [4.69, 9.17) is 0 Å². The molecule has 0 atom stereocenters. The molecule has 0 heterocycles. The molecule has 0 fully saturated rings. The van der Waals surface area contributed by atoms with Crippen LogP contribution in [0, 0.1) is 52.5 Å². The van der Waals surface area contributed by atoms with Gasteiger partial charge in [-0.1, -0.05) is 6.54 Å². The minimum absolute atomic E-state index is 0. The van der Waals surface area contributed by atoms with Crippen LogP contribution in [0.2, 0.25) is 0 Å². The molecule has 0 rings (SSSR count). The van der Waals surface area contributed by atoms with Crippen molar-refractivity contribution in [1.82, 2.24) is 4.90 Å². The molecule has 0 saturated heterocycles. The van der Waals surface area contributed by atoms with Crippen LogP contribution in [-0.4, -0.2) is 17.0 Å². The zero-order chi connectivity index (χ0) is 7.49. The molecule has 0 aliphatic rings. The van der Waals surface area contributed by atoms with E-state index in [-0.39, 0.29) is 95.3 Å². The zero-order valence-corrected chi connectivity index (χ0v) is 17.7. The number of hydrogen-bond donors (Lipinski definition) is 0. The summed E-state index contributed by atoms with van der Waals surface area (Å²) in [6, 6.07) is 0. The Balaban J connectivity index is -0.0000000533. The van der Waals surface area contributed by atoms with Crippen molar-refractivity contribution in [3.63, 3.8) is 0 Å². The summed E-state index contributed by atoms with van der Waals surface area (Å²) in [5, 5.41) is 0. The standard InChI is InChI=1S/C8H17N.CH3.U.V.Y/c1-6-7-9(5)8(2,3)4;;;;/h1,5-7H2,2-4H3;1H3;;;/q-2;-1;+2;;.